The normalized spacial score (nSPS) is 14.0. The highest BCUT2D eigenvalue weighted by atomic mass is 16.1. The van der Waals surface area contributed by atoms with Crippen LogP contribution < -0.4 is 5.32 Å². The van der Waals surface area contributed by atoms with Crippen molar-refractivity contribution in [3.63, 3.8) is 0 Å². The van der Waals surface area contributed by atoms with Gasteiger partial charge in [-0.2, -0.15) is 0 Å². The fourth-order valence-corrected chi connectivity index (χ4v) is 2.21. The number of carbonyl (C=O) groups is 1. The van der Waals surface area contributed by atoms with Gasteiger partial charge < -0.3 is 5.32 Å². The summed E-state index contributed by atoms with van der Waals surface area (Å²) >= 11 is 0. The molecule has 0 saturated heterocycles. The second-order valence-electron chi connectivity index (χ2n) is 5.04. The number of rotatable bonds is 3. The summed E-state index contributed by atoms with van der Waals surface area (Å²) in [7, 11) is 0. The largest absolute Gasteiger partial charge is 0.346 e. The highest BCUT2D eigenvalue weighted by Gasteiger charge is 2.15. The summed E-state index contributed by atoms with van der Waals surface area (Å²) in [6.45, 7) is 2.41. The fraction of sp³-hybridized carbons (Fsp3) is 0.111. The van der Waals surface area contributed by atoms with Gasteiger partial charge in [-0.1, -0.05) is 60.2 Å². The third-order valence-electron chi connectivity index (χ3n) is 3.44. The molecule has 1 heterocycles. The zero-order chi connectivity index (χ0) is 14.7. The van der Waals surface area contributed by atoms with E-state index in [1.807, 2.05) is 61.5 Å². The van der Waals surface area contributed by atoms with Gasteiger partial charge in [0, 0.05) is 22.9 Å². The molecule has 1 N–H and O–H groups in total. The molecule has 3 rings (SSSR count). The molecule has 3 heteroatoms. The first-order valence-corrected chi connectivity index (χ1v) is 6.91. The van der Waals surface area contributed by atoms with Gasteiger partial charge in [-0.3, -0.25) is 9.79 Å². The van der Waals surface area contributed by atoms with Gasteiger partial charge in [0.25, 0.3) is 0 Å². The van der Waals surface area contributed by atoms with E-state index in [4.69, 9.17) is 0 Å². The zero-order valence-corrected chi connectivity index (χ0v) is 11.8. The third-order valence-corrected chi connectivity index (χ3v) is 3.44. The number of Topliss-reactive ketones (excluding diaryl/α,β-unsaturated/α-hetero) is 1. The number of hydrogen-bond acceptors (Lipinski definition) is 3. The van der Waals surface area contributed by atoms with Gasteiger partial charge in [-0.25, -0.2) is 0 Å². The molecule has 0 unspecified atom stereocenters. The summed E-state index contributed by atoms with van der Waals surface area (Å²) < 4.78 is 0. The molecule has 1 aliphatic heterocycles. The molecule has 2 aromatic carbocycles. The number of nitrogens with zero attached hydrogens (tertiary/aromatic N) is 1. The number of ketones is 1. The van der Waals surface area contributed by atoms with E-state index in [0.717, 1.165) is 17.0 Å². The molecule has 0 aromatic heterocycles. The van der Waals surface area contributed by atoms with E-state index in [-0.39, 0.29) is 5.78 Å². The zero-order valence-electron chi connectivity index (χ0n) is 11.8. The standard InChI is InChI=1S/C18H16N2O/c1-13-7-9-14(10-8-13)17(21)16-11-19-18(20-12-16)15-5-3-2-4-6-15/h2-11H,12H2,1H3,(H,19,20). The van der Waals surface area contributed by atoms with Crippen LogP contribution in [0, 0.1) is 6.92 Å². The van der Waals surface area contributed by atoms with Crippen LogP contribution in [0.5, 0.6) is 0 Å². The number of hydrogen-bond donors (Lipinski definition) is 1. The van der Waals surface area contributed by atoms with Gasteiger partial charge in [-0.15, -0.1) is 0 Å². The Morgan fingerprint density at radius 1 is 1.05 bits per heavy atom. The molecule has 0 amide bonds. The lowest BCUT2D eigenvalue weighted by Gasteiger charge is -2.14. The average molecular weight is 276 g/mol. The summed E-state index contributed by atoms with van der Waals surface area (Å²) in [5, 5.41) is 3.11. The molecule has 0 saturated carbocycles. The minimum Gasteiger partial charge on any atom is -0.346 e. The van der Waals surface area contributed by atoms with Gasteiger partial charge in [0.1, 0.15) is 5.84 Å². The maximum absolute atomic E-state index is 12.4. The van der Waals surface area contributed by atoms with E-state index < -0.39 is 0 Å². The smallest absolute Gasteiger partial charge is 0.192 e. The van der Waals surface area contributed by atoms with E-state index >= 15 is 0 Å². The van der Waals surface area contributed by atoms with Crippen molar-refractivity contribution < 1.29 is 4.79 Å². The maximum Gasteiger partial charge on any atom is 0.192 e. The quantitative estimate of drug-likeness (QED) is 0.875. The molecule has 3 nitrogen and oxygen atoms in total. The van der Waals surface area contributed by atoms with Crippen LogP contribution in [-0.2, 0) is 0 Å². The predicted octanol–water partition coefficient (Wildman–Crippen LogP) is 3.11. The molecule has 0 radical (unpaired) electrons. The molecule has 21 heavy (non-hydrogen) atoms. The number of aliphatic imine (C=N–C) groups is 1. The lowest BCUT2D eigenvalue weighted by molar-refractivity contribution is 0.103. The average Bonchev–Trinajstić information content (AvgIpc) is 2.56. The Morgan fingerprint density at radius 3 is 2.38 bits per heavy atom. The predicted molar refractivity (Wildman–Crippen MR) is 84.6 cm³/mol. The lowest BCUT2D eigenvalue weighted by Crippen LogP contribution is -2.26. The first-order chi connectivity index (χ1) is 10.2. The van der Waals surface area contributed by atoms with Gasteiger partial charge >= 0.3 is 0 Å². The Hall–Kier alpha value is -2.68. The lowest BCUT2D eigenvalue weighted by atomic mass is 10.0. The molecule has 0 aliphatic carbocycles. The third kappa shape index (κ3) is 2.92. The minimum absolute atomic E-state index is 0.0263. The monoisotopic (exact) mass is 276 g/mol. The Morgan fingerprint density at radius 2 is 1.76 bits per heavy atom. The molecular formula is C18H16N2O. The van der Waals surface area contributed by atoms with Crippen molar-refractivity contribution in [3.8, 4) is 0 Å². The van der Waals surface area contributed by atoms with Crippen LogP contribution in [0.3, 0.4) is 0 Å². The summed E-state index contributed by atoms with van der Waals surface area (Å²) in [6, 6.07) is 17.5. The van der Waals surface area contributed by atoms with Crippen LogP contribution in [0.15, 0.2) is 71.4 Å². The minimum atomic E-state index is 0.0263. The second kappa shape index (κ2) is 5.75. The van der Waals surface area contributed by atoms with Crippen LogP contribution in [0.4, 0.5) is 0 Å². The van der Waals surface area contributed by atoms with Crippen LogP contribution in [0.2, 0.25) is 0 Å². The van der Waals surface area contributed by atoms with Gasteiger partial charge in [0.2, 0.25) is 0 Å². The highest BCUT2D eigenvalue weighted by Crippen LogP contribution is 2.13. The molecule has 0 fully saturated rings. The summed E-state index contributed by atoms with van der Waals surface area (Å²) in [4.78, 5) is 16.8. The van der Waals surface area contributed by atoms with Crippen LogP contribution in [0.25, 0.3) is 0 Å². The van der Waals surface area contributed by atoms with Crippen LogP contribution >= 0.6 is 0 Å². The molecule has 0 spiro atoms. The number of benzene rings is 2. The molecule has 0 atom stereocenters. The Labute approximate surface area is 124 Å². The van der Waals surface area contributed by atoms with Crippen LogP contribution in [0.1, 0.15) is 21.5 Å². The van der Waals surface area contributed by atoms with Gasteiger partial charge in [0.15, 0.2) is 5.78 Å². The fourth-order valence-electron chi connectivity index (χ4n) is 2.21. The van der Waals surface area contributed by atoms with Gasteiger partial charge in [0.05, 0.1) is 6.54 Å². The van der Waals surface area contributed by atoms with Crippen molar-refractivity contribution >= 4 is 11.6 Å². The maximum atomic E-state index is 12.4. The first kappa shape index (κ1) is 13.3. The highest BCUT2D eigenvalue weighted by molar-refractivity contribution is 6.11. The summed E-state index contributed by atoms with van der Waals surface area (Å²) in [6.07, 6.45) is 1.76. The number of aryl methyl sites for hydroxylation is 1. The van der Waals surface area contributed by atoms with Crippen molar-refractivity contribution in [1.82, 2.24) is 5.32 Å². The summed E-state index contributed by atoms with van der Waals surface area (Å²) in [5.41, 5.74) is 3.55. The molecule has 104 valence electrons. The Balaban J connectivity index is 1.74. The van der Waals surface area contributed by atoms with Crippen molar-refractivity contribution in [3.05, 3.63) is 83.1 Å². The van der Waals surface area contributed by atoms with Crippen LogP contribution in [-0.4, -0.2) is 18.2 Å². The van der Waals surface area contributed by atoms with E-state index in [1.54, 1.807) is 6.20 Å². The second-order valence-corrected chi connectivity index (χ2v) is 5.04. The van der Waals surface area contributed by atoms with E-state index in [9.17, 15) is 4.79 Å². The first-order valence-electron chi connectivity index (χ1n) is 6.91. The van der Waals surface area contributed by atoms with E-state index in [0.29, 0.717) is 17.7 Å². The molecular weight excluding hydrogens is 260 g/mol. The Kier molecular flexibility index (Phi) is 3.65. The van der Waals surface area contributed by atoms with E-state index in [1.165, 1.54) is 0 Å². The molecule has 2 aromatic rings. The number of carbonyl (C=O) groups excluding carboxylic acids is 1. The Bertz CT molecular complexity index is 713. The van der Waals surface area contributed by atoms with E-state index in [2.05, 4.69) is 10.3 Å². The summed E-state index contributed by atoms with van der Waals surface area (Å²) in [5.74, 6) is 0.828. The molecule has 1 aliphatic rings. The number of nitrogens with one attached hydrogen (secondary N) is 1. The van der Waals surface area contributed by atoms with Crippen molar-refractivity contribution in [1.29, 1.82) is 0 Å². The topological polar surface area (TPSA) is 41.5 Å². The van der Waals surface area contributed by atoms with Crippen molar-refractivity contribution in [2.45, 2.75) is 6.92 Å². The van der Waals surface area contributed by atoms with Crippen molar-refractivity contribution in [2.75, 3.05) is 6.54 Å². The van der Waals surface area contributed by atoms with Gasteiger partial charge in [-0.05, 0) is 6.92 Å². The van der Waals surface area contributed by atoms with Crippen molar-refractivity contribution in [2.24, 2.45) is 4.99 Å². The number of amidine groups is 1. The SMILES string of the molecule is Cc1ccc(C(=O)C2=CNC(c3ccccc3)=NC2)cc1. The molecule has 0 bridgehead atoms.